The van der Waals surface area contributed by atoms with E-state index in [-0.39, 0.29) is 62.0 Å². The van der Waals surface area contributed by atoms with E-state index in [9.17, 15) is 38.7 Å². The van der Waals surface area contributed by atoms with Gasteiger partial charge in [-0.2, -0.15) is 0 Å². The van der Waals surface area contributed by atoms with E-state index in [0.29, 0.717) is 0 Å². The van der Waals surface area contributed by atoms with Gasteiger partial charge >= 0.3 is 14.2 Å². The van der Waals surface area contributed by atoms with Gasteiger partial charge in [0.05, 0.1) is 43.2 Å². The summed E-state index contributed by atoms with van der Waals surface area (Å²) < 4.78 is 23.1. The zero-order valence-corrected chi connectivity index (χ0v) is 40.5. The molecule has 24 heteroatoms. The van der Waals surface area contributed by atoms with Crippen molar-refractivity contribution < 1.29 is 57.3 Å². The van der Waals surface area contributed by atoms with Crippen molar-refractivity contribution in [3.63, 3.8) is 0 Å². The van der Waals surface area contributed by atoms with E-state index in [4.69, 9.17) is 18.6 Å². The first-order valence-corrected chi connectivity index (χ1v) is 23.8. The second-order valence-electron chi connectivity index (χ2n) is 18.2. The Morgan fingerprint density at radius 2 is 1.11 bits per heavy atom. The van der Waals surface area contributed by atoms with Crippen LogP contribution in [0, 0.1) is 11.8 Å². The fourth-order valence-corrected chi connectivity index (χ4v) is 7.97. The first kappa shape index (κ1) is 54.2. The predicted octanol–water partition coefficient (Wildman–Crippen LogP) is 0.513. The molecule has 2 aromatic carbocycles. The fraction of sp³-hybridized carbons (Fsp3) is 0.438. The first-order valence-electron chi connectivity index (χ1n) is 23.8. The Labute approximate surface area is 417 Å². The van der Waals surface area contributed by atoms with Crippen LogP contribution >= 0.6 is 0 Å². The average Bonchev–Trinajstić information content (AvgIpc) is 3.37. The van der Waals surface area contributed by atoms with Gasteiger partial charge in [0.1, 0.15) is 35.9 Å². The summed E-state index contributed by atoms with van der Waals surface area (Å²) in [5.74, 6) is -6.52. The Hall–Kier alpha value is -7.14. The van der Waals surface area contributed by atoms with Crippen molar-refractivity contribution in [2.24, 2.45) is 11.8 Å². The highest BCUT2D eigenvalue weighted by Crippen LogP contribution is 2.21. The fourth-order valence-electron chi connectivity index (χ4n) is 7.97. The Bertz CT molecular complexity index is 2440. The van der Waals surface area contributed by atoms with Crippen molar-refractivity contribution in [1.29, 1.82) is 0 Å². The van der Waals surface area contributed by atoms with E-state index in [2.05, 4.69) is 51.8 Å². The zero-order chi connectivity index (χ0) is 51.6. The average molecular weight is 991 g/mol. The van der Waals surface area contributed by atoms with Crippen LogP contribution in [0.2, 0.25) is 0 Å². The van der Waals surface area contributed by atoms with E-state index in [0.717, 1.165) is 11.1 Å². The zero-order valence-electron chi connectivity index (χ0n) is 40.5. The topological polar surface area (TPSA) is 300 Å². The van der Waals surface area contributed by atoms with Crippen molar-refractivity contribution in [1.82, 2.24) is 51.8 Å². The number of nitrogens with one attached hydrogen (secondary N) is 6. The molecule has 0 radical (unpaired) electrons. The molecular weight excluding hydrogens is 930 g/mol. The highest BCUT2D eigenvalue weighted by atomic mass is 16.6. The van der Waals surface area contributed by atoms with Gasteiger partial charge in [-0.05, 0) is 42.2 Å². The summed E-state index contributed by atoms with van der Waals surface area (Å²) in [6, 6.07) is 16.1. The van der Waals surface area contributed by atoms with Gasteiger partial charge in [0.25, 0.3) is 17.8 Å². The number of rotatable bonds is 24. The summed E-state index contributed by atoms with van der Waals surface area (Å²) in [6.45, 7) is 7.35. The number of nitrogens with zero attached hydrogens (tertiary/aromatic N) is 4. The van der Waals surface area contributed by atoms with E-state index < -0.39 is 111 Å². The van der Waals surface area contributed by atoms with Gasteiger partial charge in [-0.1, -0.05) is 88.4 Å². The molecule has 0 spiro atoms. The molecule has 2 saturated heterocycles. The van der Waals surface area contributed by atoms with Gasteiger partial charge in [-0.15, -0.1) is 0 Å². The molecule has 7 atom stereocenters. The summed E-state index contributed by atoms with van der Waals surface area (Å²) >= 11 is 0. The van der Waals surface area contributed by atoms with Crippen molar-refractivity contribution in [2.45, 2.75) is 109 Å². The molecule has 2 aliphatic rings. The minimum Gasteiger partial charge on any atom is -0.508 e. The maximum Gasteiger partial charge on any atom is 0.551 e. The number of hydrogen-bond acceptors (Lipinski definition) is 17. The molecule has 4 aromatic rings. The Morgan fingerprint density at radius 1 is 0.639 bits per heavy atom. The number of carbonyl (C=O) groups is 7. The van der Waals surface area contributed by atoms with E-state index in [1.54, 1.807) is 12.1 Å². The number of amides is 5. The number of aromatic nitrogens is 4. The van der Waals surface area contributed by atoms with Gasteiger partial charge in [0.2, 0.25) is 23.6 Å². The number of aliphatic hydroxyl groups excluding tert-OH is 1. The molecule has 1 unspecified atom stereocenters. The largest absolute Gasteiger partial charge is 0.551 e. The summed E-state index contributed by atoms with van der Waals surface area (Å²) in [6.07, 6.45) is 4.28. The molecule has 5 amide bonds. The van der Waals surface area contributed by atoms with E-state index in [1.807, 2.05) is 76.2 Å². The lowest BCUT2D eigenvalue weighted by molar-refractivity contribution is -0.149. The maximum absolute atomic E-state index is 14.0. The normalized spacial score (nSPS) is 17.9. The third-order valence-electron chi connectivity index (χ3n) is 11.4. The first-order chi connectivity index (χ1) is 34.6. The summed E-state index contributed by atoms with van der Waals surface area (Å²) in [5, 5.41) is 27.7. The van der Waals surface area contributed by atoms with Crippen LogP contribution in [0.5, 0.6) is 0 Å². The second kappa shape index (κ2) is 26.9. The quantitative estimate of drug-likeness (QED) is 0.0286. The minimum atomic E-state index is -1.37. The van der Waals surface area contributed by atoms with Crippen molar-refractivity contribution in [3.05, 3.63) is 120 Å². The molecule has 0 saturated carbocycles. The Kier molecular flexibility index (Phi) is 20.2. The maximum atomic E-state index is 14.0. The second-order valence-corrected chi connectivity index (χ2v) is 18.2. The lowest BCUT2D eigenvalue weighted by atomic mass is 9.72. The molecule has 6 rings (SSSR count). The third-order valence-corrected chi connectivity index (χ3v) is 11.4. The molecule has 22 nitrogen and oxygen atoms in total. The van der Waals surface area contributed by atoms with Crippen LogP contribution in [0.3, 0.4) is 0 Å². The lowest BCUT2D eigenvalue weighted by Crippen LogP contribution is -2.60. The number of benzene rings is 2. The molecule has 0 bridgehead atoms. The molecule has 2 fully saturated rings. The van der Waals surface area contributed by atoms with Crippen molar-refractivity contribution in [2.75, 3.05) is 13.1 Å². The highest BCUT2D eigenvalue weighted by Gasteiger charge is 2.46. The smallest absolute Gasteiger partial charge is 0.508 e. The predicted molar refractivity (Wildman–Crippen MR) is 259 cm³/mol. The van der Waals surface area contributed by atoms with Gasteiger partial charge in [0.15, 0.2) is 0 Å². The summed E-state index contributed by atoms with van der Waals surface area (Å²) in [5.41, 5.74) is 1.76. The van der Waals surface area contributed by atoms with Crippen LogP contribution in [-0.4, -0.2) is 130 Å². The monoisotopic (exact) mass is 990 g/mol. The van der Waals surface area contributed by atoms with Crippen LogP contribution in [0.15, 0.2) is 97.8 Å². The molecular formula is C48H60B2N10O12. The highest BCUT2D eigenvalue weighted by molar-refractivity contribution is 6.50. The molecule has 0 aliphatic carbocycles. The molecule has 380 valence electrons. The van der Waals surface area contributed by atoms with Crippen molar-refractivity contribution >= 4 is 55.7 Å². The number of aliphatic hydroxyl groups is 1. The van der Waals surface area contributed by atoms with Crippen LogP contribution in [0.4, 0.5) is 0 Å². The SMILES string of the molecule is CC(C)C[C@H](NC(=O)[C@H](Cc1ccccc1)NC(=O)c1cnccn1)B1OC(=O)C[C@H](C(=O)NCCNC(=O)[C@H]2CC(=O)OB([C@H](CC(C)C)NC(=O)[C@H](Cc3ccccc3)NC(O)c3cnccn3)O2)O1. The van der Waals surface area contributed by atoms with Crippen LogP contribution in [0.25, 0.3) is 0 Å². The molecule has 7 N–H and O–H groups in total. The van der Waals surface area contributed by atoms with E-state index in [1.165, 1.54) is 37.2 Å². The molecule has 2 aromatic heterocycles. The van der Waals surface area contributed by atoms with Gasteiger partial charge in [-0.25, -0.2) is 4.98 Å². The molecule has 72 heavy (non-hydrogen) atoms. The third kappa shape index (κ3) is 16.7. The van der Waals surface area contributed by atoms with Crippen LogP contribution in [-0.2, 0) is 60.2 Å². The van der Waals surface area contributed by atoms with Crippen molar-refractivity contribution in [3.8, 4) is 0 Å². The standard InChI is InChI=1S/C48H60B2N10O12/c1-29(2)21-39(59-43(63)33(23-31-11-7-5-8-12-31)57-45(65)35-27-51-15-17-53-35)49-69-37(25-41(61)71-49)47(67)55-19-20-56-48(68)38-26-42(62)72-50(70-38)40(22-30(3)4)60-44(64)34(24-32-13-9-6-10-14-32)58-46(66)36-28-52-16-18-54-36/h5-18,27-30,33-34,37-40,45,57,65H,19-26H2,1-4H3,(H,55,67)(H,56,68)(H,58,66)(H,59,63)(H,60,64)/t33-,34-,37+,38+,39-,40-,45?/m0/s1. The van der Waals surface area contributed by atoms with Gasteiger partial charge in [-0.3, -0.25) is 53.8 Å². The minimum absolute atomic E-state index is 0.00529. The van der Waals surface area contributed by atoms with Gasteiger partial charge < -0.3 is 50.3 Å². The number of hydrogen-bond donors (Lipinski definition) is 7. The number of carbonyl (C=O) groups excluding carboxylic acids is 7. The van der Waals surface area contributed by atoms with Crippen LogP contribution in [0.1, 0.15) is 86.9 Å². The molecule has 4 heterocycles. The molecule has 2 aliphatic heterocycles. The summed E-state index contributed by atoms with van der Waals surface area (Å²) in [4.78, 5) is 110. The van der Waals surface area contributed by atoms with Gasteiger partial charge in [0, 0.05) is 44.3 Å². The Morgan fingerprint density at radius 3 is 1.57 bits per heavy atom. The Balaban J connectivity index is 1.03. The lowest BCUT2D eigenvalue weighted by Gasteiger charge is -2.33. The van der Waals surface area contributed by atoms with Crippen LogP contribution < -0.4 is 31.9 Å². The summed E-state index contributed by atoms with van der Waals surface area (Å²) in [7, 11) is -2.73. The van der Waals surface area contributed by atoms with E-state index >= 15 is 0 Å².